The van der Waals surface area contributed by atoms with Crippen molar-refractivity contribution in [3.05, 3.63) is 107 Å². The lowest BCUT2D eigenvalue weighted by Gasteiger charge is -2.34. The number of halogens is 4. The van der Waals surface area contributed by atoms with E-state index in [9.17, 15) is 46.7 Å². The third-order valence-corrected chi connectivity index (χ3v) is 11.9. The number of ether oxygens (including phenoxy) is 1. The van der Waals surface area contributed by atoms with Gasteiger partial charge in [0.05, 0.1) is 46.0 Å². The Bertz CT molecular complexity index is 2790. The minimum Gasteiger partial charge on any atom is -0.483 e. The second kappa shape index (κ2) is 16.5. The smallest absolute Gasteiger partial charge is 0.420 e. The van der Waals surface area contributed by atoms with Gasteiger partial charge in [-0.3, -0.25) is 53.7 Å². The number of pyridine rings is 1. The van der Waals surface area contributed by atoms with E-state index in [0.29, 0.717) is 21.7 Å². The Labute approximate surface area is 371 Å². The Hall–Kier alpha value is -7.60. The van der Waals surface area contributed by atoms with E-state index >= 15 is 4.39 Å². The zero-order chi connectivity index (χ0) is 46.7. The Morgan fingerprint density at radius 1 is 0.938 bits per heavy atom. The summed E-state index contributed by atoms with van der Waals surface area (Å²) in [7, 11) is 0. The maximum Gasteiger partial charge on any atom is 0.420 e. The zero-order valence-corrected chi connectivity index (χ0v) is 35.1. The number of carbonyl (C=O) groups is 7. The van der Waals surface area contributed by atoms with E-state index in [-0.39, 0.29) is 72.6 Å². The quantitative estimate of drug-likeness (QED) is 0.149. The van der Waals surface area contributed by atoms with E-state index in [4.69, 9.17) is 22.2 Å². The average Bonchev–Trinajstić information content (AvgIpc) is 3.64. The number of nitrogens with one attached hydrogen (secondary N) is 1. The number of aromatic nitrogens is 1. The molecule has 7 amide bonds. The van der Waals surface area contributed by atoms with Crippen molar-refractivity contribution in [2.45, 2.75) is 44.4 Å². The Balaban J connectivity index is 0.872. The van der Waals surface area contributed by atoms with Gasteiger partial charge < -0.3 is 19.4 Å². The molecule has 1 aromatic heterocycles. The molecule has 5 heterocycles. The lowest BCUT2D eigenvalue weighted by atomic mass is 10.0. The van der Waals surface area contributed by atoms with Crippen LogP contribution in [0.2, 0.25) is 0 Å². The first-order chi connectivity index (χ1) is 30.8. The monoisotopic (exact) mass is 910 g/mol. The van der Waals surface area contributed by atoms with Gasteiger partial charge in [-0.1, -0.05) is 18.2 Å². The molecule has 3 saturated heterocycles. The van der Waals surface area contributed by atoms with Crippen molar-refractivity contribution in [1.82, 2.24) is 25.0 Å². The molecular formula is C44H34F4N8O8S. The standard InChI is InChI=1S/C44H34F4N8O8S/c1-43(2)41(63)55(29-13-10-25(20-49)35(36(29)45)44(46,47)48)42(65)56(43)26-11-12-28(50-21-26)23-6-8-24(9-7-23)38(60)53-18-16-52(17-19-53)33(58)22-64-31-5-3-4-27-34(31)40(62)54(39(27)61)30-14-15-32(57)51-37(30)59/h3-13,21,30H,14-19,22H2,1-2H3,(H,51,57,59). The van der Waals surface area contributed by atoms with E-state index < -0.39 is 82.4 Å². The minimum absolute atomic E-state index is 0.0107. The molecule has 3 fully saturated rings. The predicted molar refractivity (Wildman–Crippen MR) is 224 cm³/mol. The van der Waals surface area contributed by atoms with Crippen LogP contribution in [0.15, 0.2) is 72.9 Å². The van der Waals surface area contributed by atoms with Gasteiger partial charge in [-0.2, -0.15) is 18.4 Å². The first-order valence-electron chi connectivity index (χ1n) is 19.9. The molecule has 21 heteroatoms. The molecule has 16 nitrogen and oxygen atoms in total. The fourth-order valence-electron chi connectivity index (χ4n) is 8.20. The van der Waals surface area contributed by atoms with E-state index in [1.807, 2.05) is 0 Å². The van der Waals surface area contributed by atoms with Crippen molar-refractivity contribution in [3.63, 3.8) is 0 Å². The summed E-state index contributed by atoms with van der Waals surface area (Å²) in [5.41, 5.74) is -3.33. The number of piperazine rings is 1. The molecule has 8 rings (SSSR count). The van der Waals surface area contributed by atoms with E-state index in [2.05, 4.69) is 10.3 Å². The van der Waals surface area contributed by atoms with Crippen molar-refractivity contribution in [3.8, 4) is 23.1 Å². The van der Waals surface area contributed by atoms with Crippen LogP contribution in [0, 0.1) is 17.1 Å². The molecule has 1 atom stereocenters. The SMILES string of the molecule is CC1(C)C(=O)N(c2ccc(C#N)c(C(F)(F)F)c2F)C(=S)N1c1ccc(-c2ccc(C(=O)N3CCN(C(=O)COc4cccc5c4C(=O)N(C4CCC(=O)NC4=O)C5=O)CC3)cc2)nc1. The van der Waals surface area contributed by atoms with Gasteiger partial charge >= 0.3 is 6.18 Å². The molecule has 0 saturated carbocycles. The summed E-state index contributed by atoms with van der Waals surface area (Å²) in [6.07, 6.45) is -3.88. The number of hydrogen-bond donors (Lipinski definition) is 1. The number of piperidine rings is 1. The van der Waals surface area contributed by atoms with Crippen molar-refractivity contribution < 1.29 is 55.9 Å². The molecular weight excluding hydrogens is 877 g/mol. The highest BCUT2D eigenvalue weighted by molar-refractivity contribution is 7.81. The van der Waals surface area contributed by atoms with Crippen LogP contribution < -0.4 is 19.9 Å². The van der Waals surface area contributed by atoms with Gasteiger partial charge in [0.2, 0.25) is 11.8 Å². The van der Waals surface area contributed by atoms with Gasteiger partial charge in [-0.05, 0) is 81.0 Å². The van der Waals surface area contributed by atoms with Gasteiger partial charge in [0.1, 0.15) is 22.9 Å². The molecule has 0 bridgehead atoms. The number of amides is 7. The molecule has 4 aliphatic rings. The highest BCUT2D eigenvalue weighted by Crippen LogP contribution is 2.42. The number of rotatable bonds is 8. The normalized spacial score (nSPS) is 18.5. The van der Waals surface area contributed by atoms with Gasteiger partial charge in [-0.15, -0.1) is 0 Å². The molecule has 0 radical (unpaired) electrons. The number of imide groups is 2. The number of nitriles is 1. The molecule has 65 heavy (non-hydrogen) atoms. The Morgan fingerprint density at radius 2 is 1.63 bits per heavy atom. The lowest BCUT2D eigenvalue weighted by molar-refractivity contribution is -0.140. The molecule has 1 N–H and O–H groups in total. The molecule has 4 aliphatic heterocycles. The van der Waals surface area contributed by atoms with Crippen LogP contribution in [-0.2, 0) is 25.4 Å². The Morgan fingerprint density at radius 3 is 2.26 bits per heavy atom. The fraction of sp³-hybridized carbons (Fsp3) is 0.273. The molecule has 3 aromatic carbocycles. The number of alkyl halides is 3. The zero-order valence-electron chi connectivity index (χ0n) is 34.3. The summed E-state index contributed by atoms with van der Waals surface area (Å²) in [5.74, 6) is -6.06. The van der Waals surface area contributed by atoms with Crippen LogP contribution >= 0.6 is 12.2 Å². The van der Waals surface area contributed by atoms with Crippen LogP contribution in [0.25, 0.3) is 11.3 Å². The Kier molecular flexibility index (Phi) is 11.2. The number of hydrogen-bond acceptors (Lipinski definition) is 11. The summed E-state index contributed by atoms with van der Waals surface area (Å²) < 4.78 is 62.5. The lowest BCUT2D eigenvalue weighted by Crippen LogP contribution is -2.54. The van der Waals surface area contributed by atoms with Crippen molar-refractivity contribution >= 4 is 70.1 Å². The predicted octanol–water partition coefficient (Wildman–Crippen LogP) is 4.46. The third-order valence-electron chi connectivity index (χ3n) is 11.6. The molecule has 1 unspecified atom stereocenters. The maximum absolute atomic E-state index is 15.4. The topological polar surface area (TPSA) is 194 Å². The maximum atomic E-state index is 15.4. The van der Waals surface area contributed by atoms with Crippen molar-refractivity contribution in [2.75, 3.05) is 42.6 Å². The summed E-state index contributed by atoms with van der Waals surface area (Å²) in [6, 6.07) is 16.0. The van der Waals surface area contributed by atoms with Gasteiger partial charge in [0.15, 0.2) is 17.5 Å². The van der Waals surface area contributed by atoms with Crippen LogP contribution in [0.5, 0.6) is 5.75 Å². The van der Waals surface area contributed by atoms with E-state index in [1.54, 1.807) is 41.3 Å². The van der Waals surface area contributed by atoms with Crippen LogP contribution in [-0.4, -0.2) is 111 Å². The van der Waals surface area contributed by atoms with Crippen LogP contribution in [0.4, 0.5) is 28.9 Å². The number of benzene rings is 3. The molecule has 332 valence electrons. The number of carbonyl (C=O) groups excluding carboxylic acids is 7. The summed E-state index contributed by atoms with van der Waals surface area (Å²) in [5, 5.41) is 11.0. The fourth-order valence-corrected chi connectivity index (χ4v) is 8.71. The summed E-state index contributed by atoms with van der Waals surface area (Å²) in [6.45, 7) is 3.26. The number of fused-ring (bicyclic) bond motifs is 1. The summed E-state index contributed by atoms with van der Waals surface area (Å²) >= 11 is 5.52. The first-order valence-corrected chi connectivity index (χ1v) is 20.3. The van der Waals surface area contributed by atoms with Crippen molar-refractivity contribution in [2.24, 2.45) is 0 Å². The van der Waals surface area contributed by atoms with Gasteiger partial charge in [0, 0.05) is 43.7 Å². The average molecular weight is 911 g/mol. The van der Waals surface area contributed by atoms with E-state index in [1.165, 1.54) is 54.1 Å². The number of thiocarbonyl (C=S) groups is 1. The van der Waals surface area contributed by atoms with Crippen LogP contribution in [0.1, 0.15) is 68.9 Å². The number of anilines is 2. The molecule has 0 aliphatic carbocycles. The largest absolute Gasteiger partial charge is 0.483 e. The second-order valence-electron chi connectivity index (χ2n) is 15.8. The van der Waals surface area contributed by atoms with Crippen LogP contribution in [0.3, 0.4) is 0 Å². The minimum atomic E-state index is -5.22. The second-order valence-corrected chi connectivity index (χ2v) is 16.2. The first kappa shape index (κ1) is 44.0. The van der Waals surface area contributed by atoms with E-state index in [0.717, 1.165) is 17.0 Å². The molecule has 0 spiro atoms. The van der Waals surface area contributed by atoms with Crippen molar-refractivity contribution in [1.29, 1.82) is 5.26 Å². The number of nitrogens with zero attached hydrogens (tertiary/aromatic N) is 7. The highest BCUT2D eigenvalue weighted by atomic mass is 32.1. The van der Waals surface area contributed by atoms with Gasteiger partial charge in [-0.25, -0.2) is 4.39 Å². The molecule has 4 aromatic rings. The summed E-state index contributed by atoms with van der Waals surface area (Å²) in [4.78, 5) is 101. The van der Waals surface area contributed by atoms with Gasteiger partial charge in [0.25, 0.3) is 29.5 Å². The highest BCUT2D eigenvalue weighted by Gasteiger charge is 2.52. The third kappa shape index (κ3) is 7.68.